The number of fused-ring (bicyclic) bond motifs is 7. The highest BCUT2D eigenvalue weighted by Gasteiger charge is 2.75. The highest BCUT2D eigenvalue weighted by atomic mass is 16.8. The Balaban J connectivity index is 1.06. The lowest BCUT2D eigenvalue weighted by atomic mass is 9.33. The Morgan fingerprint density at radius 1 is 0.629 bits per heavy atom. The second kappa shape index (κ2) is 25.7. The number of rotatable bonds is 15. The van der Waals surface area contributed by atoms with Crippen LogP contribution in [0.2, 0.25) is 0 Å². The maximum Gasteiger partial charge on any atom is 0.335 e. The second-order valence-electron chi connectivity index (χ2n) is 28.6. The van der Waals surface area contributed by atoms with Crippen molar-refractivity contribution >= 4 is 23.9 Å². The summed E-state index contributed by atoms with van der Waals surface area (Å²) in [6.07, 6.45) is -32.1. The van der Waals surface area contributed by atoms with Gasteiger partial charge >= 0.3 is 23.9 Å². The molecule has 0 amide bonds. The molecule has 9 aliphatic rings. The van der Waals surface area contributed by atoms with Crippen LogP contribution in [0.4, 0.5) is 0 Å². The van der Waals surface area contributed by atoms with Crippen molar-refractivity contribution in [2.75, 3.05) is 19.8 Å². The summed E-state index contributed by atoms with van der Waals surface area (Å²) in [5, 5.41) is 132. The first-order valence-electron chi connectivity index (χ1n) is 31.2. The third-order valence-corrected chi connectivity index (χ3v) is 22.9. The Kier molecular flexibility index (Phi) is 20.2. The fraction of sp³-hybridized carbons (Fsp3) is 0.871. The Morgan fingerprint density at radius 2 is 1.25 bits per heavy atom. The van der Waals surface area contributed by atoms with Gasteiger partial charge in [-0.05, 0) is 105 Å². The third-order valence-electron chi connectivity index (χ3n) is 22.9. The van der Waals surface area contributed by atoms with Crippen LogP contribution >= 0.6 is 0 Å². The molecule has 0 aromatic heterocycles. The van der Waals surface area contributed by atoms with Crippen LogP contribution in [0.15, 0.2) is 23.3 Å². The van der Waals surface area contributed by atoms with Gasteiger partial charge in [0.15, 0.2) is 37.4 Å². The third kappa shape index (κ3) is 11.9. The number of aliphatic hydroxyl groups is 11. The lowest BCUT2D eigenvalue weighted by Crippen LogP contribution is -2.73. The summed E-state index contributed by atoms with van der Waals surface area (Å²) in [5.74, 6) is -4.31. The van der Waals surface area contributed by atoms with Crippen LogP contribution in [0.25, 0.3) is 0 Å². The van der Waals surface area contributed by atoms with Gasteiger partial charge in [-0.1, -0.05) is 66.2 Å². The summed E-state index contributed by atoms with van der Waals surface area (Å²) in [4.78, 5) is 53.5. The van der Waals surface area contributed by atoms with Gasteiger partial charge in [0.25, 0.3) is 0 Å². The largest absolute Gasteiger partial charge is 0.479 e. The van der Waals surface area contributed by atoms with Crippen LogP contribution in [0.3, 0.4) is 0 Å². The predicted octanol–water partition coefficient (Wildman–Crippen LogP) is -0.232. The zero-order chi connectivity index (χ0) is 65.7. The maximum atomic E-state index is 13.6. The quantitative estimate of drug-likeness (QED) is 0.0331. The fourth-order valence-corrected chi connectivity index (χ4v) is 17.7. The highest BCUT2D eigenvalue weighted by molar-refractivity contribution is 5.87. The van der Waals surface area contributed by atoms with E-state index in [1.54, 1.807) is 19.9 Å². The normalized spacial score (nSPS) is 49.5. The SMILES string of the molecule is C/C=C(/C)C(=O)O[C@H]1[C@H](OC(C)=O)[C@@]2(CO)C(CC1(C)C)C1=CCC3[C@@]4(C)CC[C@H](O[C@@H]5O[C@H](C(=O)O)[C@@H](O)[C@H](O[C@@H]6OC[C@H](O)[C@H](O)[C@H]6O[C@@H]6O[C@@H](C)[C@H](O)[C@@H](O)[C@H]6O)[C@H]5O[C@@H]5O[C@H](CO)[C@H](O)[C@H](O)[C@H]5O)C(C)(C)C4CC[C@@]3(C)[C@]1(C)C[C@H]2OC(C)=O. The minimum atomic E-state index is -2.23. The van der Waals surface area contributed by atoms with Crippen molar-refractivity contribution in [1.29, 1.82) is 0 Å². The summed E-state index contributed by atoms with van der Waals surface area (Å²) in [5.41, 5.74) is -3.41. The average molecular weight is 1270 g/mol. The first kappa shape index (κ1) is 69.9. The van der Waals surface area contributed by atoms with Crippen molar-refractivity contribution in [3.63, 3.8) is 0 Å². The summed E-state index contributed by atoms with van der Waals surface area (Å²) < 4.78 is 68.0. The van der Waals surface area contributed by atoms with Gasteiger partial charge in [0.2, 0.25) is 0 Å². The molecule has 0 aromatic carbocycles. The van der Waals surface area contributed by atoms with Crippen LogP contribution in [0, 0.1) is 50.2 Å². The summed E-state index contributed by atoms with van der Waals surface area (Å²) >= 11 is 0. The van der Waals surface area contributed by atoms with E-state index in [2.05, 4.69) is 26.8 Å². The molecule has 4 saturated carbocycles. The number of allylic oxidation sites excluding steroid dienone is 3. The van der Waals surface area contributed by atoms with Gasteiger partial charge < -0.3 is 113 Å². The molecule has 0 spiro atoms. The Morgan fingerprint density at radius 3 is 1.85 bits per heavy atom. The molecule has 0 aromatic rings. The minimum absolute atomic E-state index is 0.0468. The van der Waals surface area contributed by atoms with Gasteiger partial charge in [-0.25, -0.2) is 9.59 Å². The molecule has 9 rings (SSSR count). The number of hydrogen-bond donors (Lipinski definition) is 12. The van der Waals surface area contributed by atoms with E-state index in [1.807, 2.05) is 27.7 Å². The van der Waals surface area contributed by atoms with Crippen molar-refractivity contribution < 1.29 is 133 Å². The van der Waals surface area contributed by atoms with E-state index in [0.29, 0.717) is 44.1 Å². The molecule has 3 unspecified atom stereocenters. The van der Waals surface area contributed by atoms with Crippen molar-refractivity contribution in [2.24, 2.45) is 50.2 Å². The molecule has 506 valence electrons. The summed E-state index contributed by atoms with van der Waals surface area (Å²) in [7, 11) is 0. The number of carbonyl (C=O) groups excluding carboxylic acids is 3. The van der Waals surface area contributed by atoms with Gasteiger partial charge in [-0.15, -0.1) is 0 Å². The number of aliphatic carboxylic acids is 1. The van der Waals surface area contributed by atoms with Crippen LogP contribution in [0.5, 0.6) is 0 Å². The molecule has 0 bridgehead atoms. The van der Waals surface area contributed by atoms with Crippen molar-refractivity contribution in [3.8, 4) is 0 Å². The molecular weight excluding hydrogens is 1180 g/mol. The molecule has 89 heavy (non-hydrogen) atoms. The fourth-order valence-electron chi connectivity index (χ4n) is 17.7. The zero-order valence-corrected chi connectivity index (χ0v) is 52.7. The molecule has 4 aliphatic heterocycles. The highest BCUT2D eigenvalue weighted by Crippen LogP contribution is 2.76. The van der Waals surface area contributed by atoms with E-state index in [4.69, 9.17) is 52.1 Å². The average Bonchev–Trinajstić information content (AvgIpc) is 0.676. The van der Waals surface area contributed by atoms with Crippen LogP contribution in [-0.4, -0.2) is 246 Å². The topological polar surface area (TPSA) is 413 Å². The Hall–Kier alpha value is -3.40. The molecule has 5 aliphatic carbocycles. The zero-order valence-electron chi connectivity index (χ0n) is 52.7. The number of esters is 3. The molecule has 30 atom stereocenters. The van der Waals surface area contributed by atoms with E-state index in [9.17, 15) is 80.5 Å². The van der Waals surface area contributed by atoms with Gasteiger partial charge in [-0.3, -0.25) is 9.59 Å². The van der Waals surface area contributed by atoms with Gasteiger partial charge in [0.1, 0.15) is 91.6 Å². The molecule has 27 nitrogen and oxygen atoms in total. The van der Waals surface area contributed by atoms with Crippen molar-refractivity contribution in [1.82, 2.24) is 0 Å². The van der Waals surface area contributed by atoms with Gasteiger partial charge in [-0.2, -0.15) is 0 Å². The lowest BCUT2D eigenvalue weighted by Gasteiger charge is -2.72. The van der Waals surface area contributed by atoms with E-state index in [1.165, 1.54) is 20.8 Å². The van der Waals surface area contributed by atoms with Crippen molar-refractivity contribution in [3.05, 3.63) is 23.3 Å². The van der Waals surface area contributed by atoms with Crippen LogP contribution in [-0.2, 0) is 71.3 Å². The van der Waals surface area contributed by atoms with Gasteiger partial charge in [0, 0.05) is 24.8 Å². The van der Waals surface area contributed by atoms with Crippen LogP contribution in [0.1, 0.15) is 128 Å². The van der Waals surface area contributed by atoms with Crippen molar-refractivity contribution in [2.45, 2.75) is 269 Å². The smallest absolute Gasteiger partial charge is 0.335 e. The number of ether oxygens (including phenoxy) is 11. The van der Waals surface area contributed by atoms with E-state index in [-0.39, 0.29) is 18.3 Å². The number of hydrogen-bond acceptors (Lipinski definition) is 26. The Labute approximate surface area is 517 Å². The van der Waals surface area contributed by atoms with E-state index in [0.717, 1.165) is 5.57 Å². The van der Waals surface area contributed by atoms with E-state index < -0.39 is 223 Å². The number of carboxylic acids is 1. The molecule has 4 heterocycles. The van der Waals surface area contributed by atoms with Crippen LogP contribution < -0.4 is 0 Å². The molecule has 4 saturated heterocycles. The minimum Gasteiger partial charge on any atom is -0.479 e. The predicted molar refractivity (Wildman–Crippen MR) is 302 cm³/mol. The lowest BCUT2D eigenvalue weighted by molar-refractivity contribution is -0.400. The molecule has 27 heteroatoms. The number of carbonyl (C=O) groups is 4. The molecule has 12 N–H and O–H groups in total. The monoisotopic (exact) mass is 1270 g/mol. The first-order valence-corrected chi connectivity index (χ1v) is 31.2. The molecule has 8 fully saturated rings. The first-order chi connectivity index (χ1) is 41.5. The summed E-state index contributed by atoms with van der Waals surface area (Å²) in [6.45, 7) is 19.8. The van der Waals surface area contributed by atoms with Gasteiger partial charge in [0.05, 0.1) is 37.4 Å². The summed E-state index contributed by atoms with van der Waals surface area (Å²) in [6, 6.07) is 0. The molecule has 0 radical (unpaired) electrons. The Bertz CT molecular complexity index is 2650. The standard InChI is InChI=1S/C62H96O27/c1-13-25(2)52(78)89-49-50(82-28(5)66)62(24-64)30(20-57(49,6)7)29-14-15-34-59(10)18-17-35(58(8,9)33(59)16-19-60(34,11)61(29,12)21-36(62)81-27(4)65)84-56-48(88-54-43(74)41(72)39(70)32(22-63)83-54)45(44(75)46(86-56)51(76)77)85-55-47(38(69)31(67)23-79-55)87-53-42(73)40(71)37(68)26(3)80-53/h13-14,26,30-50,53-56,63-64,67-75H,15-24H2,1-12H3,(H,76,77)/b25-13-/t26-,30?,31-,32+,33?,34?,35-,36+,37-,38-,39-,40+,41-,42+,43+,44-,45-,46-,47+,48+,49-,50-,53-,54-,55-,56+,59-,60+,61+,62-/m0/s1. The van der Waals surface area contributed by atoms with E-state index >= 15 is 0 Å². The maximum absolute atomic E-state index is 13.6. The second-order valence-corrected chi connectivity index (χ2v) is 28.6. The number of aliphatic hydroxyl groups excluding tert-OH is 11. The number of carboxylic acid groups (broad SMARTS) is 1. The molecular formula is C62H96O27.